The molecule has 2 heteroatoms. The summed E-state index contributed by atoms with van der Waals surface area (Å²) in [5.74, 6) is 3.61. The van der Waals surface area contributed by atoms with E-state index in [-0.39, 0.29) is 0 Å². The van der Waals surface area contributed by atoms with Gasteiger partial charge in [0, 0.05) is 0 Å². The van der Waals surface area contributed by atoms with E-state index in [0.29, 0.717) is 12.2 Å². The minimum absolute atomic E-state index is 0.681. The van der Waals surface area contributed by atoms with E-state index < -0.39 is 0 Å². The van der Waals surface area contributed by atoms with Crippen LogP contribution in [0.15, 0.2) is 36.7 Å². The zero-order valence-electron chi connectivity index (χ0n) is 19.4. The van der Waals surface area contributed by atoms with E-state index in [1.54, 1.807) is 6.08 Å². The zero-order valence-corrected chi connectivity index (χ0v) is 19.4. The van der Waals surface area contributed by atoms with Crippen molar-refractivity contribution in [3.8, 4) is 6.07 Å². The Kier molecular flexibility index (Phi) is 10.6. The maximum absolute atomic E-state index is 11.9. The van der Waals surface area contributed by atoms with Crippen molar-refractivity contribution >= 4 is 0 Å². The van der Waals surface area contributed by atoms with Crippen LogP contribution in [-0.2, 0) is 0 Å². The lowest BCUT2D eigenvalue weighted by atomic mass is 9.74. The number of nitriles is 1. The number of hydrogen-bond donors (Lipinski definition) is 0. The van der Waals surface area contributed by atoms with Gasteiger partial charge in [-0.25, -0.2) is 4.39 Å². The third-order valence-corrected chi connectivity index (χ3v) is 8.13. The lowest BCUT2D eigenvalue weighted by Crippen LogP contribution is -2.17. The first-order chi connectivity index (χ1) is 15.3. The SMILES string of the molecule is N#Cc1ccc([C@H]2CC[C@H](CC[C@H]3CC[C@H](CCCCCCC=CF)CC3)CC2)cc1. The Balaban J connectivity index is 1.23. The summed E-state index contributed by atoms with van der Waals surface area (Å²) in [5.41, 5.74) is 2.21. The molecule has 0 aliphatic heterocycles. The largest absolute Gasteiger partial charge is 0.216 e. The van der Waals surface area contributed by atoms with Gasteiger partial charge in [0.25, 0.3) is 0 Å². The second kappa shape index (κ2) is 13.7. The summed E-state index contributed by atoms with van der Waals surface area (Å²) in [6.07, 6.45) is 23.9. The van der Waals surface area contributed by atoms with Crippen molar-refractivity contribution in [2.24, 2.45) is 17.8 Å². The molecule has 1 aromatic carbocycles. The molecule has 0 N–H and O–H groups in total. The normalized spacial score (nSPS) is 26.7. The Morgan fingerprint density at radius 1 is 0.742 bits per heavy atom. The molecule has 2 aliphatic carbocycles. The number of allylic oxidation sites excluding steroid dienone is 1. The molecule has 0 atom stereocenters. The highest BCUT2D eigenvalue weighted by Crippen LogP contribution is 2.40. The predicted molar refractivity (Wildman–Crippen MR) is 128 cm³/mol. The zero-order chi connectivity index (χ0) is 21.7. The van der Waals surface area contributed by atoms with Crippen LogP contribution in [-0.4, -0.2) is 0 Å². The van der Waals surface area contributed by atoms with Crippen molar-refractivity contribution in [1.82, 2.24) is 0 Å². The molecular formula is C29H42FN. The van der Waals surface area contributed by atoms with Crippen LogP contribution in [0.1, 0.15) is 120 Å². The van der Waals surface area contributed by atoms with E-state index in [1.807, 2.05) is 12.1 Å². The summed E-state index contributed by atoms with van der Waals surface area (Å²) in [7, 11) is 0. The van der Waals surface area contributed by atoms with Gasteiger partial charge in [0.05, 0.1) is 18.0 Å². The number of hydrogen-bond acceptors (Lipinski definition) is 1. The molecule has 31 heavy (non-hydrogen) atoms. The molecule has 2 saturated carbocycles. The Hall–Kier alpha value is -1.62. The van der Waals surface area contributed by atoms with Crippen LogP contribution in [0.4, 0.5) is 4.39 Å². The van der Waals surface area contributed by atoms with Crippen LogP contribution in [0.3, 0.4) is 0 Å². The summed E-state index contributed by atoms with van der Waals surface area (Å²) in [6.45, 7) is 0. The summed E-state index contributed by atoms with van der Waals surface area (Å²) in [6, 6.07) is 10.5. The number of benzene rings is 1. The van der Waals surface area contributed by atoms with Crippen molar-refractivity contribution < 1.29 is 4.39 Å². The maximum atomic E-state index is 11.9. The fourth-order valence-corrected chi connectivity index (χ4v) is 6.01. The van der Waals surface area contributed by atoms with Crippen molar-refractivity contribution in [2.45, 2.75) is 109 Å². The predicted octanol–water partition coefficient (Wildman–Crippen LogP) is 9.24. The molecule has 170 valence electrons. The molecule has 3 rings (SSSR count). The molecule has 1 nitrogen and oxygen atoms in total. The molecule has 2 aliphatic rings. The van der Waals surface area contributed by atoms with Gasteiger partial charge in [0.2, 0.25) is 0 Å². The second-order valence-corrected chi connectivity index (χ2v) is 10.3. The van der Waals surface area contributed by atoms with Gasteiger partial charge >= 0.3 is 0 Å². The smallest absolute Gasteiger partial charge is 0.0991 e. The van der Waals surface area contributed by atoms with Crippen molar-refractivity contribution in [3.63, 3.8) is 0 Å². The molecular weight excluding hydrogens is 381 g/mol. The molecule has 0 saturated heterocycles. The number of unbranched alkanes of at least 4 members (excludes halogenated alkanes) is 4. The summed E-state index contributed by atoms with van der Waals surface area (Å²) < 4.78 is 11.9. The molecule has 0 heterocycles. The van der Waals surface area contributed by atoms with Gasteiger partial charge in [0.15, 0.2) is 0 Å². The number of halogens is 1. The highest BCUT2D eigenvalue weighted by molar-refractivity contribution is 5.33. The first kappa shape index (κ1) is 24.0. The Labute approximate surface area is 190 Å². The average Bonchev–Trinajstić information content (AvgIpc) is 2.83. The van der Waals surface area contributed by atoms with Crippen molar-refractivity contribution in [2.75, 3.05) is 0 Å². The fraction of sp³-hybridized carbons (Fsp3) is 0.690. The van der Waals surface area contributed by atoms with Crippen LogP contribution in [0, 0.1) is 29.1 Å². The molecule has 2 fully saturated rings. The Morgan fingerprint density at radius 3 is 1.87 bits per heavy atom. The monoisotopic (exact) mass is 423 g/mol. The van der Waals surface area contributed by atoms with Gasteiger partial charge < -0.3 is 0 Å². The van der Waals surface area contributed by atoms with Gasteiger partial charge in [-0.2, -0.15) is 5.26 Å². The summed E-state index contributed by atoms with van der Waals surface area (Å²) in [5, 5.41) is 8.97. The second-order valence-electron chi connectivity index (χ2n) is 10.3. The first-order valence-electron chi connectivity index (χ1n) is 13.0. The van der Waals surface area contributed by atoms with E-state index in [1.165, 1.54) is 95.5 Å². The van der Waals surface area contributed by atoms with Gasteiger partial charge in [-0.15, -0.1) is 0 Å². The number of rotatable bonds is 11. The number of nitrogens with zero attached hydrogens (tertiary/aromatic N) is 1. The van der Waals surface area contributed by atoms with Gasteiger partial charge in [-0.1, -0.05) is 82.4 Å². The van der Waals surface area contributed by atoms with Crippen LogP contribution < -0.4 is 0 Å². The minimum Gasteiger partial charge on any atom is -0.216 e. The molecule has 0 radical (unpaired) electrons. The van der Waals surface area contributed by atoms with Crippen LogP contribution in [0.25, 0.3) is 0 Å². The van der Waals surface area contributed by atoms with E-state index in [4.69, 9.17) is 5.26 Å². The van der Waals surface area contributed by atoms with Crippen LogP contribution >= 0.6 is 0 Å². The van der Waals surface area contributed by atoms with Gasteiger partial charge in [-0.3, -0.25) is 0 Å². The lowest BCUT2D eigenvalue weighted by molar-refractivity contribution is 0.222. The van der Waals surface area contributed by atoms with Gasteiger partial charge in [0.1, 0.15) is 0 Å². The molecule has 0 spiro atoms. The van der Waals surface area contributed by atoms with Crippen LogP contribution in [0.2, 0.25) is 0 Å². The molecule has 1 aromatic rings. The van der Waals surface area contributed by atoms with Gasteiger partial charge in [-0.05, 0) is 79.9 Å². The Morgan fingerprint density at radius 2 is 1.29 bits per heavy atom. The highest BCUT2D eigenvalue weighted by Gasteiger charge is 2.25. The minimum atomic E-state index is 0.681. The Bertz CT molecular complexity index is 670. The highest BCUT2D eigenvalue weighted by atomic mass is 19.1. The molecule has 0 aromatic heterocycles. The maximum Gasteiger partial charge on any atom is 0.0991 e. The topological polar surface area (TPSA) is 23.8 Å². The fourth-order valence-electron chi connectivity index (χ4n) is 6.01. The average molecular weight is 424 g/mol. The van der Waals surface area contributed by atoms with Crippen molar-refractivity contribution in [3.05, 3.63) is 47.8 Å². The van der Waals surface area contributed by atoms with Crippen molar-refractivity contribution in [1.29, 1.82) is 5.26 Å². The van der Waals surface area contributed by atoms with E-state index in [0.717, 1.165) is 36.2 Å². The van der Waals surface area contributed by atoms with E-state index in [2.05, 4.69) is 18.2 Å². The quantitative estimate of drug-likeness (QED) is 0.325. The molecule has 0 unspecified atom stereocenters. The third-order valence-electron chi connectivity index (χ3n) is 8.13. The summed E-state index contributed by atoms with van der Waals surface area (Å²) in [4.78, 5) is 0. The molecule has 0 bridgehead atoms. The van der Waals surface area contributed by atoms with E-state index >= 15 is 0 Å². The lowest BCUT2D eigenvalue weighted by Gasteiger charge is -2.32. The van der Waals surface area contributed by atoms with Crippen LogP contribution in [0.5, 0.6) is 0 Å². The van der Waals surface area contributed by atoms with E-state index in [9.17, 15) is 4.39 Å². The summed E-state index contributed by atoms with van der Waals surface area (Å²) >= 11 is 0. The molecule has 0 amide bonds. The third kappa shape index (κ3) is 8.44. The standard InChI is InChI=1S/C29H42FN/c30-22-6-4-2-1-3-5-7-24-8-10-25(11-9-24)12-13-26-14-18-28(19-15-26)29-20-16-27(23-31)17-21-29/h6,16-17,20-22,24-26,28H,1-5,7-15,18-19H2/t24-,25-,26-,28-. The first-order valence-corrected chi connectivity index (χ1v) is 13.0.